The molecule has 10 heteroatoms. The Bertz CT molecular complexity index is 815. The summed E-state index contributed by atoms with van der Waals surface area (Å²) in [7, 11) is 1.48. The van der Waals surface area contributed by atoms with Crippen LogP contribution in [0.25, 0.3) is 0 Å². The van der Waals surface area contributed by atoms with Crippen LogP contribution in [-0.4, -0.2) is 23.1 Å². The molecule has 0 spiro atoms. The predicted molar refractivity (Wildman–Crippen MR) is 91.3 cm³/mol. The standard InChI is InChI=1S/C16H16ClF3N4O2/c1-8-14(17)13(9(2)26-3)11(7-22-8)24-15(25)23-10-4-5-21-12(6-10)16(18,19)20/h4-7,9H,1-3H3,(H2,21,23,24,25)/t9-/m1/s1. The van der Waals surface area contributed by atoms with Crippen LogP contribution in [0, 0.1) is 6.92 Å². The highest BCUT2D eigenvalue weighted by Crippen LogP contribution is 2.33. The first-order chi connectivity index (χ1) is 12.1. The van der Waals surface area contributed by atoms with Crippen LogP contribution in [0.2, 0.25) is 5.02 Å². The third-order valence-corrected chi connectivity index (χ3v) is 4.03. The fraction of sp³-hybridized carbons (Fsp3) is 0.312. The Morgan fingerprint density at radius 2 is 2.00 bits per heavy atom. The van der Waals surface area contributed by atoms with E-state index in [-0.39, 0.29) is 11.4 Å². The van der Waals surface area contributed by atoms with Gasteiger partial charge in [0.15, 0.2) is 0 Å². The van der Waals surface area contributed by atoms with Crippen molar-refractivity contribution in [1.82, 2.24) is 9.97 Å². The molecule has 0 aromatic carbocycles. The Morgan fingerprint density at radius 3 is 2.62 bits per heavy atom. The molecule has 2 rings (SSSR count). The number of hydrogen-bond acceptors (Lipinski definition) is 4. The van der Waals surface area contributed by atoms with Crippen LogP contribution in [-0.2, 0) is 10.9 Å². The monoisotopic (exact) mass is 388 g/mol. The zero-order chi connectivity index (χ0) is 19.5. The number of pyridine rings is 2. The van der Waals surface area contributed by atoms with Crippen molar-refractivity contribution in [3.8, 4) is 0 Å². The number of aromatic nitrogens is 2. The third kappa shape index (κ3) is 4.61. The summed E-state index contributed by atoms with van der Waals surface area (Å²) < 4.78 is 43.3. The van der Waals surface area contributed by atoms with Crippen molar-refractivity contribution in [2.75, 3.05) is 17.7 Å². The van der Waals surface area contributed by atoms with Gasteiger partial charge in [0.1, 0.15) is 5.69 Å². The maximum absolute atomic E-state index is 12.7. The Morgan fingerprint density at radius 1 is 1.31 bits per heavy atom. The zero-order valence-electron chi connectivity index (χ0n) is 14.1. The van der Waals surface area contributed by atoms with Gasteiger partial charge in [0, 0.05) is 24.6 Å². The maximum Gasteiger partial charge on any atom is 0.433 e. The number of anilines is 2. The van der Waals surface area contributed by atoms with E-state index in [1.807, 2.05) is 0 Å². The number of nitrogens with one attached hydrogen (secondary N) is 2. The normalized spacial score (nSPS) is 12.6. The summed E-state index contributed by atoms with van der Waals surface area (Å²) in [6.45, 7) is 3.44. The van der Waals surface area contributed by atoms with Crippen molar-refractivity contribution in [2.45, 2.75) is 26.1 Å². The number of halogens is 4. The summed E-state index contributed by atoms with van der Waals surface area (Å²) >= 11 is 6.24. The van der Waals surface area contributed by atoms with Crippen molar-refractivity contribution in [2.24, 2.45) is 0 Å². The van der Waals surface area contributed by atoms with Crippen LogP contribution in [0.5, 0.6) is 0 Å². The number of carbonyl (C=O) groups is 1. The molecule has 0 radical (unpaired) electrons. The Kier molecular flexibility index (Phi) is 6.04. The number of urea groups is 1. The van der Waals surface area contributed by atoms with Gasteiger partial charge in [0.2, 0.25) is 0 Å². The van der Waals surface area contributed by atoms with Crippen LogP contribution in [0.3, 0.4) is 0 Å². The van der Waals surface area contributed by atoms with Crippen LogP contribution in [0.1, 0.15) is 30.0 Å². The number of methoxy groups -OCH3 is 1. The first-order valence-corrected chi connectivity index (χ1v) is 7.80. The molecule has 6 nitrogen and oxygen atoms in total. The van der Waals surface area contributed by atoms with Gasteiger partial charge >= 0.3 is 12.2 Å². The third-order valence-electron chi connectivity index (χ3n) is 3.55. The predicted octanol–water partition coefficient (Wildman–Crippen LogP) is 4.81. The van der Waals surface area contributed by atoms with E-state index in [2.05, 4.69) is 20.6 Å². The quantitative estimate of drug-likeness (QED) is 0.788. The van der Waals surface area contributed by atoms with Gasteiger partial charge in [-0.1, -0.05) is 11.6 Å². The smallest absolute Gasteiger partial charge is 0.377 e. The fourth-order valence-corrected chi connectivity index (χ4v) is 2.47. The summed E-state index contributed by atoms with van der Waals surface area (Å²) in [6.07, 6.45) is -2.68. The van der Waals surface area contributed by atoms with E-state index in [1.165, 1.54) is 19.4 Å². The molecule has 140 valence electrons. The lowest BCUT2D eigenvalue weighted by Crippen LogP contribution is -2.21. The second kappa shape index (κ2) is 7.88. The first kappa shape index (κ1) is 19.9. The molecule has 2 aromatic rings. The summed E-state index contributed by atoms with van der Waals surface area (Å²) in [5.74, 6) is 0. The average Bonchev–Trinajstić information content (AvgIpc) is 2.57. The van der Waals surface area contributed by atoms with Crippen LogP contribution < -0.4 is 10.6 Å². The molecule has 0 aliphatic rings. The van der Waals surface area contributed by atoms with Crippen molar-refractivity contribution in [3.05, 3.63) is 46.5 Å². The SMILES string of the molecule is CO[C@H](C)c1c(NC(=O)Nc2ccnc(C(F)(F)F)c2)cnc(C)c1Cl. The molecular weight excluding hydrogens is 373 g/mol. The zero-order valence-corrected chi connectivity index (χ0v) is 14.9. The highest BCUT2D eigenvalue weighted by molar-refractivity contribution is 6.32. The largest absolute Gasteiger partial charge is 0.433 e. The van der Waals surface area contributed by atoms with Crippen molar-refractivity contribution in [1.29, 1.82) is 0 Å². The van der Waals surface area contributed by atoms with E-state index in [0.717, 1.165) is 12.3 Å². The molecule has 0 fully saturated rings. The van der Waals surface area contributed by atoms with Crippen LogP contribution >= 0.6 is 11.6 Å². The number of rotatable bonds is 4. The van der Waals surface area contributed by atoms with E-state index in [9.17, 15) is 18.0 Å². The topological polar surface area (TPSA) is 76.1 Å². The van der Waals surface area contributed by atoms with Gasteiger partial charge in [-0.2, -0.15) is 13.2 Å². The second-order valence-electron chi connectivity index (χ2n) is 5.37. The average molecular weight is 389 g/mol. The number of alkyl halides is 3. The van der Waals surface area contributed by atoms with Gasteiger partial charge < -0.3 is 15.4 Å². The molecule has 0 aliphatic heterocycles. The Hall–Kier alpha value is -2.39. The van der Waals surface area contributed by atoms with Crippen molar-refractivity contribution >= 4 is 29.0 Å². The number of nitrogens with zero attached hydrogens (tertiary/aromatic N) is 2. The molecule has 0 saturated carbocycles. The van der Waals surface area contributed by atoms with E-state index < -0.39 is 24.0 Å². The maximum atomic E-state index is 12.7. The van der Waals surface area contributed by atoms with Gasteiger partial charge in [0.25, 0.3) is 0 Å². The lowest BCUT2D eigenvalue weighted by Gasteiger charge is -2.18. The molecule has 2 heterocycles. The minimum absolute atomic E-state index is 0.0580. The van der Waals surface area contributed by atoms with Crippen molar-refractivity contribution < 1.29 is 22.7 Å². The van der Waals surface area contributed by atoms with E-state index in [4.69, 9.17) is 16.3 Å². The molecular formula is C16H16ClF3N4O2. The number of ether oxygens (including phenoxy) is 1. The molecule has 2 amide bonds. The lowest BCUT2D eigenvalue weighted by molar-refractivity contribution is -0.141. The molecule has 0 unspecified atom stereocenters. The van der Waals surface area contributed by atoms with Crippen molar-refractivity contribution in [3.63, 3.8) is 0 Å². The number of hydrogen-bond donors (Lipinski definition) is 2. The Balaban J connectivity index is 2.22. The van der Waals surface area contributed by atoms with Gasteiger partial charge in [-0.3, -0.25) is 9.97 Å². The fourth-order valence-electron chi connectivity index (χ4n) is 2.16. The molecule has 2 aromatic heterocycles. The lowest BCUT2D eigenvalue weighted by atomic mass is 10.1. The minimum atomic E-state index is -4.61. The number of carbonyl (C=O) groups excluding carboxylic acids is 1. The van der Waals surface area contributed by atoms with Gasteiger partial charge in [-0.25, -0.2) is 4.79 Å². The molecule has 0 bridgehead atoms. The summed E-state index contributed by atoms with van der Waals surface area (Å²) in [4.78, 5) is 19.5. The van der Waals surface area contributed by atoms with Crippen LogP contribution in [0.4, 0.5) is 29.3 Å². The molecule has 0 saturated heterocycles. The molecule has 2 N–H and O–H groups in total. The van der Waals surface area contributed by atoms with Crippen LogP contribution in [0.15, 0.2) is 24.5 Å². The van der Waals surface area contributed by atoms with E-state index >= 15 is 0 Å². The summed E-state index contributed by atoms with van der Waals surface area (Å²) in [5, 5.41) is 5.17. The van der Waals surface area contributed by atoms with E-state index in [1.54, 1.807) is 13.8 Å². The van der Waals surface area contributed by atoms with Gasteiger partial charge in [-0.15, -0.1) is 0 Å². The first-order valence-electron chi connectivity index (χ1n) is 7.42. The molecule has 1 atom stereocenters. The van der Waals surface area contributed by atoms with Gasteiger partial charge in [0.05, 0.1) is 28.7 Å². The summed E-state index contributed by atoms with van der Waals surface area (Å²) in [5.41, 5.74) is 0.196. The minimum Gasteiger partial charge on any atom is -0.377 e. The second-order valence-corrected chi connectivity index (χ2v) is 5.75. The Labute approximate surface area is 152 Å². The van der Waals surface area contributed by atoms with E-state index in [0.29, 0.717) is 16.3 Å². The highest BCUT2D eigenvalue weighted by atomic mass is 35.5. The highest BCUT2D eigenvalue weighted by Gasteiger charge is 2.32. The summed E-state index contributed by atoms with van der Waals surface area (Å²) in [6, 6.07) is 1.22. The number of aryl methyl sites for hydroxylation is 1. The number of amides is 2. The van der Waals surface area contributed by atoms with Gasteiger partial charge in [-0.05, 0) is 26.0 Å². The molecule has 26 heavy (non-hydrogen) atoms. The molecule has 0 aliphatic carbocycles.